The first kappa shape index (κ1) is 15.3. The standard InChI is InChI=1S/C11H16O6/c1-7(12)6-11(10(15)16,4-5-17-3)8(2)9(13)14/h2,4-6H2,1,3H3,(H,13,14)(H,15,16)/p-2. The lowest BCUT2D eigenvalue weighted by Crippen LogP contribution is -2.49. The summed E-state index contributed by atoms with van der Waals surface area (Å²) in [7, 11) is 1.33. The van der Waals surface area contributed by atoms with Crippen LogP contribution in [-0.4, -0.2) is 31.4 Å². The maximum atomic E-state index is 11.1. The van der Waals surface area contributed by atoms with Crippen LogP contribution in [0.1, 0.15) is 19.8 Å². The minimum absolute atomic E-state index is 0.0342. The van der Waals surface area contributed by atoms with Gasteiger partial charge in [0.15, 0.2) is 0 Å². The summed E-state index contributed by atoms with van der Waals surface area (Å²) >= 11 is 0. The maximum absolute atomic E-state index is 11.1. The third-order valence-corrected chi connectivity index (χ3v) is 2.50. The van der Waals surface area contributed by atoms with E-state index in [-0.39, 0.29) is 13.0 Å². The smallest absolute Gasteiger partial charge is 0.131 e. The molecule has 0 spiro atoms. The van der Waals surface area contributed by atoms with Crippen molar-refractivity contribution in [1.82, 2.24) is 0 Å². The highest BCUT2D eigenvalue weighted by Gasteiger charge is 2.36. The number of hydrogen-bond acceptors (Lipinski definition) is 6. The molecule has 0 fully saturated rings. The normalized spacial score (nSPS) is 13.8. The van der Waals surface area contributed by atoms with Crippen molar-refractivity contribution < 1.29 is 29.3 Å². The Kier molecular flexibility index (Phi) is 5.53. The molecular weight excluding hydrogens is 228 g/mol. The molecule has 0 bridgehead atoms. The Morgan fingerprint density at radius 3 is 2.12 bits per heavy atom. The lowest BCUT2D eigenvalue weighted by atomic mass is 9.74. The molecular formula is C11H14O6-2. The summed E-state index contributed by atoms with van der Waals surface area (Å²) in [5, 5.41) is 21.9. The summed E-state index contributed by atoms with van der Waals surface area (Å²) in [4.78, 5) is 32.9. The minimum atomic E-state index is -1.97. The third kappa shape index (κ3) is 3.67. The first-order valence-electron chi connectivity index (χ1n) is 4.88. The molecule has 0 aliphatic heterocycles. The van der Waals surface area contributed by atoms with Crippen LogP contribution in [0.2, 0.25) is 0 Å². The minimum Gasteiger partial charge on any atom is -0.549 e. The second-order valence-corrected chi connectivity index (χ2v) is 3.76. The highest BCUT2D eigenvalue weighted by Crippen LogP contribution is 2.34. The van der Waals surface area contributed by atoms with Gasteiger partial charge in [-0.05, 0) is 18.9 Å². The summed E-state index contributed by atoms with van der Waals surface area (Å²) in [6.45, 7) is 4.29. The van der Waals surface area contributed by atoms with Crippen molar-refractivity contribution in [3.8, 4) is 0 Å². The van der Waals surface area contributed by atoms with E-state index in [2.05, 4.69) is 6.58 Å². The molecule has 0 aliphatic carbocycles. The van der Waals surface area contributed by atoms with Gasteiger partial charge >= 0.3 is 0 Å². The number of ketones is 1. The summed E-state index contributed by atoms with van der Waals surface area (Å²) in [6.07, 6.45) is -0.719. The Hall–Kier alpha value is -1.69. The molecule has 0 aromatic heterocycles. The average molecular weight is 242 g/mol. The van der Waals surface area contributed by atoms with Crippen molar-refractivity contribution in [1.29, 1.82) is 0 Å². The summed E-state index contributed by atoms with van der Waals surface area (Å²) in [6, 6.07) is 0. The van der Waals surface area contributed by atoms with Crippen molar-refractivity contribution in [3.05, 3.63) is 12.2 Å². The van der Waals surface area contributed by atoms with Gasteiger partial charge in [-0.25, -0.2) is 0 Å². The van der Waals surface area contributed by atoms with Gasteiger partial charge in [0.1, 0.15) is 5.78 Å². The van der Waals surface area contributed by atoms with Gasteiger partial charge in [-0.15, -0.1) is 0 Å². The SMILES string of the molecule is C=C(C(=O)[O-])C(CCOC)(CC(C)=O)C(=O)[O-]. The number of carbonyl (C=O) groups is 3. The second kappa shape index (κ2) is 6.15. The predicted molar refractivity (Wildman–Crippen MR) is 53.4 cm³/mol. The fourth-order valence-electron chi connectivity index (χ4n) is 1.54. The van der Waals surface area contributed by atoms with E-state index in [4.69, 9.17) is 4.74 Å². The van der Waals surface area contributed by atoms with Crippen molar-refractivity contribution in [2.75, 3.05) is 13.7 Å². The van der Waals surface area contributed by atoms with E-state index >= 15 is 0 Å². The van der Waals surface area contributed by atoms with Crippen molar-refractivity contribution >= 4 is 17.7 Å². The molecule has 6 heteroatoms. The number of aliphatic carboxylic acids is 2. The molecule has 0 aromatic carbocycles. The Morgan fingerprint density at radius 1 is 1.29 bits per heavy atom. The first-order valence-corrected chi connectivity index (χ1v) is 4.88. The molecule has 96 valence electrons. The van der Waals surface area contributed by atoms with Crippen LogP contribution in [0.4, 0.5) is 0 Å². The molecule has 0 N–H and O–H groups in total. The lowest BCUT2D eigenvalue weighted by Gasteiger charge is -2.36. The Labute approximate surface area is 98.9 Å². The van der Waals surface area contributed by atoms with Gasteiger partial charge in [0.25, 0.3) is 0 Å². The Bertz CT molecular complexity index is 346. The van der Waals surface area contributed by atoms with E-state index < -0.39 is 35.1 Å². The van der Waals surface area contributed by atoms with Crippen molar-refractivity contribution in [2.45, 2.75) is 19.8 Å². The van der Waals surface area contributed by atoms with E-state index in [0.717, 1.165) is 6.92 Å². The number of rotatable bonds is 8. The number of hydrogen-bond donors (Lipinski definition) is 0. The molecule has 0 aliphatic rings. The Morgan fingerprint density at radius 2 is 1.82 bits per heavy atom. The number of ether oxygens (including phenoxy) is 1. The van der Waals surface area contributed by atoms with Crippen LogP contribution in [-0.2, 0) is 19.1 Å². The quantitative estimate of drug-likeness (QED) is 0.458. The number of carboxylic acids is 2. The third-order valence-electron chi connectivity index (χ3n) is 2.50. The summed E-state index contributed by atoms with van der Waals surface area (Å²) < 4.78 is 4.70. The number of carbonyl (C=O) groups excluding carboxylic acids is 3. The molecule has 1 unspecified atom stereocenters. The van der Waals surface area contributed by atoms with Crippen LogP contribution in [0.25, 0.3) is 0 Å². The topological polar surface area (TPSA) is 107 Å². The van der Waals surface area contributed by atoms with E-state index in [1.807, 2.05) is 0 Å². The number of Topliss-reactive ketones (excluding diaryl/α,β-unsaturated/α-hetero) is 1. The number of methoxy groups -OCH3 is 1. The van der Waals surface area contributed by atoms with Gasteiger partial charge in [-0.3, -0.25) is 4.79 Å². The van der Waals surface area contributed by atoms with Crippen LogP contribution in [0.3, 0.4) is 0 Å². The monoisotopic (exact) mass is 242 g/mol. The average Bonchev–Trinajstić information content (AvgIpc) is 2.22. The van der Waals surface area contributed by atoms with Crippen LogP contribution in [0, 0.1) is 5.41 Å². The van der Waals surface area contributed by atoms with Crippen molar-refractivity contribution in [2.24, 2.45) is 5.41 Å². The summed E-state index contributed by atoms with van der Waals surface area (Å²) in [5.41, 5.74) is -2.65. The second-order valence-electron chi connectivity index (χ2n) is 3.76. The van der Waals surface area contributed by atoms with Gasteiger partial charge in [0.05, 0.1) is 11.9 Å². The number of carboxylic acid groups (broad SMARTS) is 2. The zero-order valence-electron chi connectivity index (χ0n) is 9.78. The first-order chi connectivity index (χ1) is 7.77. The molecule has 0 heterocycles. The molecule has 0 amide bonds. The molecule has 0 radical (unpaired) electrons. The highest BCUT2D eigenvalue weighted by atomic mass is 16.5. The molecule has 6 nitrogen and oxygen atoms in total. The zero-order valence-corrected chi connectivity index (χ0v) is 9.78. The van der Waals surface area contributed by atoms with E-state index in [0.29, 0.717) is 0 Å². The molecule has 0 rings (SSSR count). The van der Waals surface area contributed by atoms with Gasteiger partial charge in [-0.1, -0.05) is 6.58 Å². The predicted octanol–water partition coefficient (Wildman–Crippen LogP) is -1.96. The van der Waals surface area contributed by atoms with Crippen molar-refractivity contribution in [3.63, 3.8) is 0 Å². The van der Waals surface area contributed by atoms with Gasteiger partial charge in [0, 0.05) is 25.6 Å². The zero-order chi connectivity index (χ0) is 13.6. The molecule has 17 heavy (non-hydrogen) atoms. The largest absolute Gasteiger partial charge is 0.549 e. The summed E-state index contributed by atoms with van der Waals surface area (Å²) in [5.74, 6) is -3.86. The fourth-order valence-corrected chi connectivity index (χ4v) is 1.54. The van der Waals surface area contributed by atoms with Crippen LogP contribution < -0.4 is 10.2 Å². The van der Waals surface area contributed by atoms with Crippen LogP contribution in [0.5, 0.6) is 0 Å². The molecule has 0 saturated heterocycles. The molecule has 0 aromatic rings. The van der Waals surface area contributed by atoms with Gasteiger partial charge < -0.3 is 24.5 Å². The highest BCUT2D eigenvalue weighted by molar-refractivity contribution is 5.97. The maximum Gasteiger partial charge on any atom is 0.131 e. The van der Waals surface area contributed by atoms with Crippen LogP contribution >= 0.6 is 0 Å². The molecule has 0 saturated carbocycles. The van der Waals surface area contributed by atoms with E-state index in [1.165, 1.54) is 7.11 Å². The van der Waals surface area contributed by atoms with Crippen LogP contribution in [0.15, 0.2) is 12.2 Å². The van der Waals surface area contributed by atoms with Gasteiger partial charge in [-0.2, -0.15) is 0 Å². The lowest BCUT2D eigenvalue weighted by molar-refractivity contribution is -0.322. The fraction of sp³-hybridized carbons (Fsp3) is 0.545. The molecule has 1 atom stereocenters. The Balaban J connectivity index is 5.38. The van der Waals surface area contributed by atoms with Gasteiger partial charge in [0.2, 0.25) is 0 Å². The van der Waals surface area contributed by atoms with E-state index in [1.54, 1.807) is 0 Å². The van der Waals surface area contributed by atoms with E-state index in [9.17, 15) is 24.6 Å².